The summed E-state index contributed by atoms with van der Waals surface area (Å²) in [4.78, 5) is 0. The smallest absolute Gasteiger partial charge is 0.148 e. The average molecular weight is 138 g/mol. The molecule has 0 spiro atoms. The Labute approximate surface area is 59.5 Å². The first-order valence-electron chi connectivity index (χ1n) is 3.15. The maximum Gasteiger partial charge on any atom is 0.148 e. The van der Waals surface area contributed by atoms with Gasteiger partial charge in [-0.25, -0.2) is 0 Å². The zero-order valence-corrected chi connectivity index (χ0v) is 5.62. The van der Waals surface area contributed by atoms with Gasteiger partial charge in [0.25, 0.3) is 0 Å². The number of nitrogens with one attached hydrogen (secondary N) is 1. The number of anilines is 1. The highest BCUT2D eigenvalue weighted by atomic mass is 15.2. The fourth-order valence-electron chi connectivity index (χ4n) is 0.596. The van der Waals surface area contributed by atoms with Crippen LogP contribution >= 0.6 is 0 Å². The van der Waals surface area contributed by atoms with E-state index in [0.717, 1.165) is 12.4 Å². The minimum atomic E-state index is 0.608. The van der Waals surface area contributed by atoms with Crippen LogP contribution in [0.5, 0.6) is 0 Å². The van der Waals surface area contributed by atoms with Gasteiger partial charge in [-0.3, -0.25) is 0 Å². The Bertz CT molecular complexity index is 174. The minimum absolute atomic E-state index is 0.608. The van der Waals surface area contributed by atoms with Crippen LogP contribution in [0.1, 0.15) is 0 Å². The minimum Gasteiger partial charge on any atom is -0.367 e. The second-order valence-electron chi connectivity index (χ2n) is 1.82. The van der Waals surface area contributed by atoms with E-state index in [9.17, 15) is 0 Å². The SMILES string of the molecule is NCCNc1cccnn1. The van der Waals surface area contributed by atoms with E-state index in [1.807, 2.05) is 12.1 Å². The van der Waals surface area contributed by atoms with Crippen LogP contribution in [0.2, 0.25) is 0 Å². The van der Waals surface area contributed by atoms with E-state index >= 15 is 0 Å². The zero-order chi connectivity index (χ0) is 7.23. The summed E-state index contributed by atoms with van der Waals surface area (Å²) in [6.45, 7) is 1.34. The highest BCUT2D eigenvalue weighted by Crippen LogP contribution is 1.94. The van der Waals surface area contributed by atoms with Gasteiger partial charge in [0.2, 0.25) is 0 Å². The molecular formula is C6H10N4. The summed E-state index contributed by atoms with van der Waals surface area (Å²) in [6, 6.07) is 3.68. The lowest BCUT2D eigenvalue weighted by atomic mass is 10.5. The van der Waals surface area contributed by atoms with E-state index < -0.39 is 0 Å². The molecule has 54 valence electrons. The number of nitrogens with zero attached hydrogens (tertiary/aromatic N) is 2. The maximum atomic E-state index is 5.27. The molecule has 4 nitrogen and oxygen atoms in total. The Morgan fingerprint density at radius 3 is 3.10 bits per heavy atom. The van der Waals surface area contributed by atoms with Gasteiger partial charge in [-0.15, -0.1) is 5.10 Å². The molecule has 1 aromatic heterocycles. The van der Waals surface area contributed by atoms with Gasteiger partial charge in [-0.1, -0.05) is 0 Å². The van der Waals surface area contributed by atoms with Gasteiger partial charge in [0.05, 0.1) is 0 Å². The molecule has 0 radical (unpaired) electrons. The molecule has 1 heterocycles. The van der Waals surface area contributed by atoms with Crippen LogP contribution in [0.15, 0.2) is 18.3 Å². The van der Waals surface area contributed by atoms with Gasteiger partial charge >= 0.3 is 0 Å². The van der Waals surface area contributed by atoms with Gasteiger partial charge < -0.3 is 11.1 Å². The van der Waals surface area contributed by atoms with Crippen molar-refractivity contribution in [2.45, 2.75) is 0 Å². The van der Waals surface area contributed by atoms with Gasteiger partial charge in [0.1, 0.15) is 5.82 Å². The standard InChI is InChI=1S/C6H10N4/c7-3-5-8-6-2-1-4-9-10-6/h1-2,4H,3,5,7H2,(H,8,10). The molecule has 0 unspecified atom stereocenters. The summed E-state index contributed by atoms with van der Waals surface area (Å²) in [5.41, 5.74) is 5.27. The first kappa shape index (κ1) is 6.95. The highest BCUT2D eigenvalue weighted by molar-refractivity contribution is 5.31. The van der Waals surface area contributed by atoms with Crippen LogP contribution in [-0.4, -0.2) is 23.3 Å². The summed E-state index contributed by atoms with van der Waals surface area (Å²) in [6.07, 6.45) is 1.63. The van der Waals surface area contributed by atoms with Crippen LogP contribution in [0, 0.1) is 0 Å². The molecule has 1 aromatic rings. The molecule has 0 saturated heterocycles. The number of hydrogen-bond acceptors (Lipinski definition) is 4. The van der Waals surface area contributed by atoms with Crippen molar-refractivity contribution in [2.24, 2.45) is 5.73 Å². The van der Waals surface area contributed by atoms with Gasteiger partial charge in [0, 0.05) is 19.3 Å². The lowest BCUT2D eigenvalue weighted by Gasteiger charge is -1.99. The lowest BCUT2D eigenvalue weighted by Crippen LogP contribution is -2.13. The van der Waals surface area contributed by atoms with Crippen molar-refractivity contribution in [1.29, 1.82) is 0 Å². The topological polar surface area (TPSA) is 63.8 Å². The van der Waals surface area contributed by atoms with Gasteiger partial charge in [0.15, 0.2) is 0 Å². The summed E-state index contributed by atoms with van der Waals surface area (Å²) in [5.74, 6) is 0.771. The average Bonchev–Trinajstić information content (AvgIpc) is 2.03. The van der Waals surface area contributed by atoms with Gasteiger partial charge in [-0.05, 0) is 12.1 Å². The molecule has 4 heteroatoms. The Morgan fingerprint density at radius 2 is 2.50 bits per heavy atom. The monoisotopic (exact) mass is 138 g/mol. The largest absolute Gasteiger partial charge is 0.367 e. The normalized spacial score (nSPS) is 9.30. The molecule has 0 aliphatic carbocycles. The van der Waals surface area contributed by atoms with E-state index in [0.29, 0.717) is 6.54 Å². The molecule has 0 amide bonds. The fraction of sp³-hybridized carbons (Fsp3) is 0.333. The molecule has 0 aliphatic heterocycles. The van der Waals surface area contributed by atoms with Crippen molar-refractivity contribution in [3.63, 3.8) is 0 Å². The van der Waals surface area contributed by atoms with E-state index in [1.54, 1.807) is 6.20 Å². The number of hydrogen-bond donors (Lipinski definition) is 2. The Hall–Kier alpha value is -1.16. The lowest BCUT2D eigenvalue weighted by molar-refractivity contribution is 0.971. The summed E-state index contributed by atoms with van der Waals surface area (Å²) in [7, 11) is 0. The van der Waals surface area contributed by atoms with E-state index in [1.165, 1.54) is 0 Å². The molecule has 1 rings (SSSR count). The van der Waals surface area contributed by atoms with Crippen molar-refractivity contribution in [3.8, 4) is 0 Å². The Balaban J connectivity index is 2.43. The van der Waals surface area contributed by atoms with Crippen LogP contribution in [-0.2, 0) is 0 Å². The third-order valence-corrected chi connectivity index (χ3v) is 1.02. The number of nitrogens with two attached hydrogens (primary N) is 1. The van der Waals surface area contributed by atoms with E-state index in [2.05, 4.69) is 15.5 Å². The quantitative estimate of drug-likeness (QED) is 0.609. The molecule has 0 aromatic carbocycles. The first-order valence-corrected chi connectivity index (χ1v) is 3.15. The highest BCUT2D eigenvalue weighted by Gasteiger charge is 1.87. The van der Waals surface area contributed by atoms with Gasteiger partial charge in [-0.2, -0.15) is 5.10 Å². The Morgan fingerprint density at radius 1 is 1.60 bits per heavy atom. The van der Waals surface area contributed by atoms with Crippen molar-refractivity contribution in [1.82, 2.24) is 10.2 Å². The Kier molecular flexibility index (Phi) is 2.63. The number of aromatic nitrogens is 2. The van der Waals surface area contributed by atoms with Crippen molar-refractivity contribution >= 4 is 5.82 Å². The molecule has 0 atom stereocenters. The molecular weight excluding hydrogens is 128 g/mol. The second kappa shape index (κ2) is 3.79. The van der Waals surface area contributed by atoms with Crippen molar-refractivity contribution < 1.29 is 0 Å². The maximum absolute atomic E-state index is 5.27. The fourth-order valence-corrected chi connectivity index (χ4v) is 0.596. The van der Waals surface area contributed by atoms with Crippen LogP contribution in [0.4, 0.5) is 5.82 Å². The van der Waals surface area contributed by atoms with Crippen LogP contribution in [0.3, 0.4) is 0 Å². The predicted molar refractivity (Wildman–Crippen MR) is 39.6 cm³/mol. The molecule has 0 bridgehead atoms. The second-order valence-corrected chi connectivity index (χ2v) is 1.82. The first-order chi connectivity index (χ1) is 4.93. The summed E-state index contributed by atoms with van der Waals surface area (Å²) < 4.78 is 0. The van der Waals surface area contributed by atoms with E-state index in [4.69, 9.17) is 5.73 Å². The predicted octanol–water partition coefficient (Wildman–Crippen LogP) is -0.153. The van der Waals surface area contributed by atoms with Crippen LogP contribution in [0.25, 0.3) is 0 Å². The molecule has 0 fully saturated rings. The third kappa shape index (κ3) is 1.99. The summed E-state index contributed by atoms with van der Waals surface area (Å²) in [5, 5.41) is 10.5. The molecule has 10 heavy (non-hydrogen) atoms. The van der Waals surface area contributed by atoms with E-state index in [-0.39, 0.29) is 0 Å². The zero-order valence-electron chi connectivity index (χ0n) is 5.62. The number of rotatable bonds is 3. The summed E-state index contributed by atoms with van der Waals surface area (Å²) >= 11 is 0. The molecule has 3 N–H and O–H groups in total. The van der Waals surface area contributed by atoms with Crippen molar-refractivity contribution in [3.05, 3.63) is 18.3 Å². The third-order valence-electron chi connectivity index (χ3n) is 1.02. The molecule has 0 aliphatic rings. The van der Waals surface area contributed by atoms with Crippen molar-refractivity contribution in [2.75, 3.05) is 18.4 Å². The van der Waals surface area contributed by atoms with Crippen LogP contribution < -0.4 is 11.1 Å². The molecule has 0 saturated carbocycles.